The Bertz CT molecular complexity index is 545. The van der Waals surface area contributed by atoms with Crippen LogP contribution in [-0.2, 0) is 6.42 Å². The molecule has 1 N–H and O–H groups in total. The molecule has 106 valence electrons. The molecule has 2 nitrogen and oxygen atoms in total. The van der Waals surface area contributed by atoms with Crippen LogP contribution in [0.3, 0.4) is 0 Å². The molecular weight excluding hydrogens is 319 g/mol. The summed E-state index contributed by atoms with van der Waals surface area (Å²) in [7, 11) is 0. The van der Waals surface area contributed by atoms with Crippen LogP contribution in [0.1, 0.15) is 30.5 Å². The summed E-state index contributed by atoms with van der Waals surface area (Å²) < 4.78 is 14.3. The number of halogens is 2. The molecule has 4 heteroatoms. The van der Waals surface area contributed by atoms with Crippen LogP contribution in [0.2, 0.25) is 0 Å². The zero-order chi connectivity index (χ0) is 14.4. The fourth-order valence-corrected chi connectivity index (χ4v) is 2.70. The van der Waals surface area contributed by atoms with Crippen LogP contribution in [-0.4, -0.2) is 11.5 Å². The molecule has 2 rings (SSSR count). The van der Waals surface area contributed by atoms with Crippen molar-refractivity contribution >= 4 is 15.9 Å². The lowest BCUT2D eigenvalue weighted by molar-refractivity contribution is 0.521. The van der Waals surface area contributed by atoms with Crippen molar-refractivity contribution < 1.29 is 4.39 Å². The van der Waals surface area contributed by atoms with Crippen LogP contribution in [0, 0.1) is 5.82 Å². The van der Waals surface area contributed by atoms with Gasteiger partial charge < -0.3 is 5.32 Å². The average molecular weight is 337 g/mol. The van der Waals surface area contributed by atoms with Gasteiger partial charge in [0, 0.05) is 18.4 Å². The first kappa shape index (κ1) is 15.1. The summed E-state index contributed by atoms with van der Waals surface area (Å²) in [5.41, 5.74) is 2.14. The summed E-state index contributed by atoms with van der Waals surface area (Å²) in [6, 6.07) is 9.26. The van der Waals surface area contributed by atoms with Gasteiger partial charge in [-0.15, -0.1) is 0 Å². The molecule has 0 aliphatic rings. The molecule has 1 aromatic carbocycles. The lowest BCUT2D eigenvalue weighted by Crippen LogP contribution is -2.24. The molecule has 0 amide bonds. The van der Waals surface area contributed by atoms with Crippen LogP contribution < -0.4 is 5.32 Å². The molecule has 0 radical (unpaired) electrons. The zero-order valence-electron chi connectivity index (χ0n) is 11.4. The van der Waals surface area contributed by atoms with Crippen molar-refractivity contribution in [2.75, 3.05) is 6.54 Å². The number of benzene rings is 1. The minimum atomic E-state index is -0.222. The van der Waals surface area contributed by atoms with Gasteiger partial charge in [-0.25, -0.2) is 4.39 Å². The Hall–Kier alpha value is -1.26. The van der Waals surface area contributed by atoms with Gasteiger partial charge in [0.2, 0.25) is 0 Å². The monoisotopic (exact) mass is 336 g/mol. The van der Waals surface area contributed by atoms with Gasteiger partial charge in [-0.05, 0) is 64.6 Å². The van der Waals surface area contributed by atoms with Crippen molar-refractivity contribution in [1.29, 1.82) is 0 Å². The lowest BCUT2D eigenvalue weighted by Gasteiger charge is -2.20. The molecule has 0 spiro atoms. The first-order chi connectivity index (χ1) is 9.72. The van der Waals surface area contributed by atoms with E-state index in [1.807, 2.05) is 18.2 Å². The second-order valence-corrected chi connectivity index (χ2v) is 5.50. The Morgan fingerprint density at radius 1 is 1.25 bits per heavy atom. The average Bonchev–Trinajstić information content (AvgIpc) is 2.48. The van der Waals surface area contributed by atoms with Crippen LogP contribution in [0.15, 0.2) is 47.2 Å². The van der Waals surface area contributed by atoms with Crippen molar-refractivity contribution in [2.24, 2.45) is 0 Å². The SMILES string of the molecule is CCCNC(Cc1ccncc1)c1cccc(F)c1Br. The fourth-order valence-electron chi connectivity index (χ4n) is 2.15. The first-order valence-electron chi connectivity index (χ1n) is 6.78. The second-order valence-electron chi connectivity index (χ2n) is 4.71. The minimum absolute atomic E-state index is 0.0856. The summed E-state index contributed by atoms with van der Waals surface area (Å²) in [5, 5.41) is 3.49. The zero-order valence-corrected chi connectivity index (χ0v) is 13.0. The Kier molecular flexibility index (Phi) is 5.68. The van der Waals surface area contributed by atoms with Crippen molar-refractivity contribution in [3.63, 3.8) is 0 Å². The number of hydrogen-bond donors (Lipinski definition) is 1. The van der Waals surface area contributed by atoms with E-state index in [-0.39, 0.29) is 11.9 Å². The van der Waals surface area contributed by atoms with E-state index in [9.17, 15) is 4.39 Å². The number of nitrogens with one attached hydrogen (secondary N) is 1. The number of nitrogens with zero attached hydrogens (tertiary/aromatic N) is 1. The molecule has 1 heterocycles. The molecule has 1 unspecified atom stereocenters. The van der Waals surface area contributed by atoms with Gasteiger partial charge in [0.05, 0.1) is 4.47 Å². The summed E-state index contributed by atoms with van der Waals surface area (Å²) in [6.45, 7) is 3.02. The van der Waals surface area contributed by atoms with Crippen LogP contribution >= 0.6 is 15.9 Å². The maximum absolute atomic E-state index is 13.7. The van der Waals surface area contributed by atoms with Gasteiger partial charge in [0.1, 0.15) is 5.82 Å². The van der Waals surface area contributed by atoms with Crippen molar-refractivity contribution in [3.05, 3.63) is 64.1 Å². The van der Waals surface area contributed by atoms with Gasteiger partial charge in [-0.1, -0.05) is 19.1 Å². The van der Waals surface area contributed by atoms with E-state index < -0.39 is 0 Å². The van der Waals surface area contributed by atoms with Crippen LogP contribution in [0.4, 0.5) is 4.39 Å². The third-order valence-corrected chi connectivity index (χ3v) is 4.02. The molecule has 0 aliphatic heterocycles. The van der Waals surface area contributed by atoms with E-state index in [4.69, 9.17) is 0 Å². The van der Waals surface area contributed by atoms with E-state index in [1.165, 1.54) is 11.6 Å². The highest BCUT2D eigenvalue weighted by atomic mass is 79.9. The molecule has 1 aromatic heterocycles. The van der Waals surface area contributed by atoms with E-state index >= 15 is 0 Å². The third kappa shape index (κ3) is 3.87. The first-order valence-corrected chi connectivity index (χ1v) is 7.58. The summed E-state index contributed by atoms with van der Waals surface area (Å²) >= 11 is 3.36. The molecule has 0 saturated heterocycles. The van der Waals surface area contributed by atoms with E-state index in [0.29, 0.717) is 4.47 Å². The van der Waals surface area contributed by atoms with Crippen molar-refractivity contribution in [2.45, 2.75) is 25.8 Å². The van der Waals surface area contributed by atoms with Crippen LogP contribution in [0.5, 0.6) is 0 Å². The minimum Gasteiger partial charge on any atom is -0.310 e. The predicted molar refractivity (Wildman–Crippen MR) is 83.1 cm³/mol. The Balaban J connectivity index is 2.25. The van der Waals surface area contributed by atoms with E-state index in [1.54, 1.807) is 18.5 Å². The standard InChI is InChI=1S/C16H18BrFN2/c1-2-8-20-15(11-12-6-9-19-10-7-12)13-4-3-5-14(18)16(13)17/h3-7,9-10,15,20H,2,8,11H2,1H3. The molecule has 2 aromatic rings. The molecule has 0 aliphatic carbocycles. The molecule has 0 fully saturated rings. The second kappa shape index (κ2) is 7.50. The van der Waals surface area contributed by atoms with Gasteiger partial charge in [0.15, 0.2) is 0 Å². The molecule has 0 saturated carbocycles. The highest BCUT2D eigenvalue weighted by Gasteiger charge is 2.16. The van der Waals surface area contributed by atoms with Crippen LogP contribution in [0.25, 0.3) is 0 Å². The Morgan fingerprint density at radius 3 is 2.70 bits per heavy atom. The largest absolute Gasteiger partial charge is 0.310 e. The third-order valence-electron chi connectivity index (χ3n) is 3.19. The number of rotatable bonds is 6. The quantitative estimate of drug-likeness (QED) is 0.852. The normalized spacial score (nSPS) is 12.3. The summed E-state index contributed by atoms with van der Waals surface area (Å²) in [4.78, 5) is 4.03. The number of aromatic nitrogens is 1. The van der Waals surface area contributed by atoms with E-state index in [0.717, 1.165) is 24.9 Å². The smallest absolute Gasteiger partial charge is 0.137 e. The fraction of sp³-hybridized carbons (Fsp3) is 0.312. The molecular formula is C16H18BrFN2. The number of hydrogen-bond acceptors (Lipinski definition) is 2. The highest BCUT2D eigenvalue weighted by Crippen LogP contribution is 2.28. The van der Waals surface area contributed by atoms with Gasteiger partial charge in [0.25, 0.3) is 0 Å². The Labute approximate surface area is 127 Å². The molecule has 0 bridgehead atoms. The Morgan fingerprint density at radius 2 is 2.00 bits per heavy atom. The van der Waals surface area contributed by atoms with Gasteiger partial charge in [-0.2, -0.15) is 0 Å². The summed E-state index contributed by atoms with van der Waals surface area (Å²) in [5.74, 6) is -0.222. The van der Waals surface area contributed by atoms with Crippen molar-refractivity contribution in [1.82, 2.24) is 10.3 Å². The topological polar surface area (TPSA) is 24.9 Å². The number of pyridine rings is 1. The highest BCUT2D eigenvalue weighted by molar-refractivity contribution is 9.10. The summed E-state index contributed by atoms with van der Waals surface area (Å²) in [6.07, 6.45) is 5.42. The maximum Gasteiger partial charge on any atom is 0.137 e. The lowest BCUT2D eigenvalue weighted by atomic mass is 9.99. The molecule has 1 atom stereocenters. The maximum atomic E-state index is 13.7. The predicted octanol–water partition coefficient (Wildman–Crippen LogP) is 4.27. The molecule has 20 heavy (non-hydrogen) atoms. The van der Waals surface area contributed by atoms with Gasteiger partial charge in [-0.3, -0.25) is 4.98 Å². The van der Waals surface area contributed by atoms with Gasteiger partial charge >= 0.3 is 0 Å². The van der Waals surface area contributed by atoms with E-state index in [2.05, 4.69) is 33.2 Å². The van der Waals surface area contributed by atoms with Crippen molar-refractivity contribution in [3.8, 4) is 0 Å².